The summed E-state index contributed by atoms with van der Waals surface area (Å²) >= 11 is 4.18. The monoisotopic (exact) mass is 120 g/mol. The van der Waals surface area contributed by atoms with Gasteiger partial charge in [-0.25, -0.2) is 0 Å². The Hall–Kier alpha value is 0.520. The van der Waals surface area contributed by atoms with Crippen molar-refractivity contribution in [1.29, 1.82) is 0 Å². The standard InChI is InChI=1S/C4H9PS/c1-3-5(6)4-2/h3,6H,1,4H2,2H3. The average Bonchev–Trinajstić information content (AvgIpc) is 1.65. The molecule has 36 valence electrons. The molecule has 0 radical (unpaired) electrons. The molecule has 0 saturated heterocycles. The van der Waals surface area contributed by atoms with E-state index in [1.54, 1.807) is 0 Å². The Morgan fingerprint density at radius 2 is 2.50 bits per heavy atom. The van der Waals surface area contributed by atoms with Gasteiger partial charge in [-0.05, 0) is 13.3 Å². The van der Waals surface area contributed by atoms with Crippen LogP contribution in [0.4, 0.5) is 0 Å². The largest absolute Gasteiger partial charge is 0.147 e. The molecule has 0 aromatic rings. The molecule has 0 aliphatic heterocycles. The molecule has 0 fully saturated rings. The molecular formula is C4H9PS. The van der Waals surface area contributed by atoms with Gasteiger partial charge in [-0.2, -0.15) is 0 Å². The van der Waals surface area contributed by atoms with E-state index in [2.05, 4.69) is 25.8 Å². The minimum absolute atomic E-state index is 0.118. The minimum atomic E-state index is -0.118. The van der Waals surface area contributed by atoms with Crippen LogP contribution >= 0.6 is 19.4 Å². The lowest BCUT2D eigenvalue weighted by atomic mass is 11.0. The lowest BCUT2D eigenvalue weighted by molar-refractivity contribution is 1.52. The van der Waals surface area contributed by atoms with E-state index < -0.39 is 0 Å². The van der Waals surface area contributed by atoms with E-state index in [-0.39, 0.29) is 7.12 Å². The van der Waals surface area contributed by atoms with Gasteiger partial charge in [0.05, 0.1) is 0 Å². The second-order valence-electron chi connectivity index (χ2n) is 0.938. The number of thiol groups is 1. The Bertz CT molecular complexity index is 44.8. The van der Waals surface area contributed by atoms with Crippen molar-refractivity contribution in [3.05, 3.63) is 12.4 Å². The molecule has 0 amide bonds. The molecule has 0 aromatic carbocycles. The Morgan fingerprint density at radius 1 is 2.00 bits per heavy atom. The fraction of sp³-hybridized carbons (Fsp3) is 0.500. The second-order valence-corrected chi connectivity index (χ2v) is 4.36. The molecule has 0 aromatic heterocycles. The number of hydrogen-bond donors (Lipinski definition) is 1. The van der Waals surface area contributed by atoms with Crippen molar-refractivity contribution >= 4 is 19.4 Å². The van der Waals surface area contributed by atoms with E-state index in [0.717, 1.165) is 6.16 Å². The van der Waals surface area contributed by atoms with Gasteiger partial charge in [0.1, 0.15) is 0 Å². The molecular weight excluding hydrogens is 111 g/mol. The summed E-state index contributed by atoms with van der Waals surface area (Å²) in [4.78, 5) is 0. The van der Waals surface area contributed by atoms with Gasteiger partial charge < -0.3 is 0 Å². The molecule has 0 bridgehead atoms. The lowest BCUT2D eigenvalue weighted by Crippen LogP contribution is -1.57. The van der Waals surface area contributed by atoms with E-state index in [0.29, 0.717) is 0 Å². The molecule has 0 saturated carbocycles. The molecule has 2 heteroatoms. The topological polar surface area (TPSA) is 0 Å². The van der Waals surface area contributed by atoms with Crippen LogP contribution in [0.1, 0.15) is 6.92 Å². The summed E-state index contributed by atoms with van der Waals surface area (Å²) in [6.45, 7) is 5.70. The summed E-state index contributed by atoms with van der Waals surface area (Å²) in [5.74, 6) is 1.90. The maximum atomic E-state index is 4.18. The van der Waals surface area contributed by atoms with Crippen LogP contribution in [0.2, 0.25) is 0 Å². The SMILES string of the molecule is C=CP(S)CC. The molecule has 1 atom stereocenters. The van der Waals surface area contributed by atoms with Crippen LogP contribution in [0.3, 0.4) is 0 Å². The third-order valence-electron chi connectivity index (χ3n) is 0.535. The van der Waals surface area contributed by atoms with E-state index in [1.807, 2.05) is 5.82 Å². The fourth-order valence-electron chi connectivity index (χ4n) is 0.129. The average molecular weight is 120 g/mol. The van der Waals surface area contributed by atoms with Crippen LogP contribution in [-0.2, 0) is 0 Å². The maximum absolute atomic E-state index is 4.18. The second kappa shape index (κ2) is 3.70. The first-order chi connectivity index (χ1) is 2.81. The first kappa shape index (κ1) is 6.52. The van der Waals surface area contributed by atoms with Gasteiger partial charge in [-0.3, -0.25) is 0 Å². The molecule has 0 aliphatic rings. The van der Waals surface area contributed by atoms with Gasteiger partial charge in [0.2, 0.25) is 0 Å². The highest BCUT2D eigenvalue weighted by molar-refractivity contribution is 8.46. The van der Waals surface area contributed by atoms with Crippen molar-refractivity contribution in [2.24, 2.45) is 0 Å². The van der Waals surface area contributed by atoms with Crippen molar-refractivity contribution < 1.29 is 0 Å². The first-order valence-corrected chi connectivity index (χ1v) is 4.64. The fourth-order valence-corrected chi connectivity index (χ4v) is 0.387. The van der Waals surface area contributed by atoms with Crippen LogP contribution in [0.5, 0.6) is 0 Å². The Balaban J connectivity index is 2.96. The third-order valence-corrected chi connectivity index (χ3v) is 2.94. The van der Waals surface area contributed by atoms with E-state index in [9.17, 15) is 0 Å². The first-order valence-electron chi connectivity index (χ1n) is 1.89. The van der Waals surface area contributed by atoms with Crippen LogP contribution < -0.4 is 0 Å². The Morgan fingerprint density at radius 3 is 2.50 bits per heavy atom. The zero-order valence-electron chi connectivity index (χ0n) is 3.89. The summed E-state index contributed by atoms with van der Waals surface area (Å²) in [6, 6.07) is 0. The molecule has 0 rings (SSSR count). The van der Waals surface area contributed by atoms with Gasteiger partial charge in [-0.1, -0.05) is 19.3 Å². The van der Waals surface area contributed by atoms with Crippen LogP contribution in [0.15, 0.2) is 12.4 Å². The molecule has 0 aliphatic carbocycles. The summed E-state index contributed by atoms with van der Waals surface area (Å²) in [5, 5.41) is 0. The molecule has 0 N–H and O–H groups in total. The van der Waals surface area contributed by atoms with Crippen molar-refractivity contribution in [3.8, 4) is 0 Å². The highest BCUT2D eigenvalue weighted by atomic mass is 32.7. The predicted molar refractivity (Wildman–Crippen MR) is 36.6 cm³/mol. The summed E-state index contributed by atoms with van der Waals surface area (Å²) in [6.07, 6.45) is 1.14. The zero-order valence-corrected chi connectivity index (χ0v) is 5.67. The van der Waals surface area contributed by atoms with E-state index in [4.69, 9.17) is 0 Å². The summed E-state index contributed by atoms with van der Waals surface area (Å²) in [5.41, 5.74) is 0. The van der Waals surface area contributed by atoms with Gasteiger partial charge in [0.15, 0.2) is 0 Å². The van der Waals surface area contributed by atoms with Gasteiger partial charge in [0.25, 0.3) is 0 Å². The maximum Gasteiger partial charge on any atom is -0.0229 e. The highest BCUT2D eigenvalue weighted by Crippen LogP contribution is 2.40. The molecule has 6 heavy (non-hydrogen) atoms. The number of rotatable bonds is 2. The lowest BCUT2D eigenvalue weighted by Gasteiger charge is -1.93. The van der Waals surface area contributed by atoms with E-state index in [1.165, 1.54) is 0 Å². The Labute approximate surface area is 45.5 Å². The van der Waals surface area contributed by atoms with Crippen LogP contribution in [0, 0.1) is 0 Å². The van der Waals surface area contributed by atoms with Gasteiger partial charge in [0, 0.05) is 0 Å². The van der Waals surface area contributed by atoms with Crippen LogP contribution in [0.25, 0.3) is 0 Å². The summed E-state index contributed by atoms with van der Waals surface area (Å²) < 4.78 is 0. The van der Waals surface area contributed by atoms with Crippen molar-refractivity contribution in [1.82, 2.24) is 0 Å². The van der Waals surface area contributed by atoms with Crippen LogP contribution in [-0.4, -0.2) is 6.16 Å². The van der Waals surface area contributed by atoms with Crippen molar-refractivity contribution in [2.45, 2.75) is 6.92 Å². The third kappa shape index (κ3) is 2.74. The molecule has 1 unspecified atom stereocenters. The van der Waals surface area contributed by atoms with Gasteiger partial charge >= 0.3 is 0 Å². The quantitative estimate of drug-likeness (QED) is 0.420. The Kier molecular flexibility index (Phi) is 4.02. The van der Waals surface area contributed by atoms with Crippen molar-refractivity contribution in [3.63, 3.8) is 0 Å². The highest BCUT2D eigenvalue weighted by Gasteiger charge is 1.84. The molecule has 0 nitrogen and oxygen atoms in total. The van der Waals surface area contributed by atoms with E-state index >= 15 is 0 Å². The van der Waals surface area contributed by atoms with Crippen molar-refractivity contribution in [2.75, 3.05) is 6.16 Å². The smallest absolute Gasteiger partial charge is 0.0229 e. The summed E-state index contributed by atoms with van der Waals surface area (Å²) in [7, 11) is -0.118. The normalized spacial score (nSPS) is 13.7. The van der Waals surface area contributed by atoms with Gasteiger partial charge in [-0.15, -0.1) is 12.2 Å². The predicted octanol–water partition coefficient (Wildman–Crippen LogP) is 2.48. The zero-order chi connectivity index (χ0) is 4.99. The minimum Gasteiger partial charge on any atom is -0.147 e. The molecule has 0 heterocycles. The molecule has 0 spiro atoms. The number of hydrogen-bond acceptors (Lipinski definition) is 1.